The fourth-order valence-corrected chi connectivity index (χ4v) is 5.38. The summed E-state index contributed by atoms with van der Waals surface area (Å²) in [6, 6.07) is 19.2. The summed E-state index contributed by atoms with van der Waals surface area (Å²) in [4.78, 5) is 31.7. The predicted molar refractivity (Wildman–Crippen MR) is 154 cm³/mol. The number of rotatable bonds is 8. The van der Waals surface area contributed by atoms with Crippen molar-refractivity contribution >= 4 is 5.69 Å². The van der Waals surface area contributed by atoms with Crippen LogP contribution in [0.1, 0.15) is 28.4 Å². The first kappa shape index (κ1) is 28.3. The van der Waals surface area contributed by atoms with Gasteiger partial charge in [-0.2, -0.15) is 0 Å². The molecule has 2 heterocycles. The number of aromatic hydroxyl groups is 1. The van der Waals surface area contributed by atoms with Crippen LogP contribution in [0.25, 0.3) is 0 Å². The Labute approximate surface area is 236 Å². The Kier molecular flexibility index (Phi) is 8.32. The minimum absolute atomic E-state index is 0.0911. The highest BCUT2D eigenvalue weighted by Crippen LogP contribution is 2.21. The Bertz CT molecular complexity index is 1630. The van der Waals surface area contributed by atoms with Gasteiger partial charge in [-0.3, -0.25) is 18.8 Å². The summed E-state index contributed by atoms with van der Waals surface area (Å²) in [5, 5.41) is 9.80. The van der Waals surface area contributed by atoms with Crippen LogP contribution in [0.5, 0.6) is 5.75 Å². The van der Waals surface area contributed by atoms with Crippen molar-refractivity contribution in [2.45, 2.75) is 32.6 Å². The summed E-state index contributed by atoms with van der Waals surface area (Å²) >= 11 is 0. The van der Waals surface area contributed by atoms with Gasteiger partial charge in [0.1, 0.15) is 23.1 Å². The van der Waals surface area contributed by atoms with Gasteiger partial charge in [0.15, 0.2) is 0 Å². The number of phenolic OH excluding ortho intramolecular Hbond substituents is 1. The molecule has 0 saturated carbocycles. The van der Waals surface area contributed by atoms with Crippen molar-refractivity contribution in [2.75, 3.05) is 31.1 Å². The highest BCUT2D eigenvalue weighted by molar-refractivity contribution is 5.50. The van der Waals surface area contributed by atoms with Crippen molar-refractivity contribution in [3.8, 4) is 5.75 Å². The topological polar surface area (TPSA) is 96.7 Å². The van der Waals surface area contributed by atoms with E-state index < -0.39 is 28.9 Å². The molecule has 1 fully saturated rings. The Hall–Kier alpha value is -4.28. The fraction of sp³-hybridized carbons (Fsp3) is 0.290. The second-order valence-electron chi connectivity index (χ2n) is 10.4. The third-order valence-corrected chi connectivity index (χ3v) is 7.65. The molecule has 4 aromatic rings. The van der Waals surface area contributed by atoms with Gasteiger partial charge in [0.2, 0.25) is 0 Å². The molecule has 5 rings (SSSR count). The lowest BCUT2D eigenvalue weighted by Crippen LogP contribution is -2.51. The minimum atomic E-state index is -0.767. The molecule has 0 aliphatic carbocycles. The van der Waals surface area contributed by atoms with E-state index in [1.165, 1.54) is 10.6 Å². The van der Waals surface area contributed by atoms with Crippen LogP contribution >= 0.6 is 0 Å². The van der Waals surface area contributed by atoms with Crippen LogP contribution in [0.4, 0.5) is 14.5 Å². The first-order valence-electron chi connectivity index (χ1n) is 13.6. The van der Waals surface area contributed by atoms with Crippen LogP contribution in [0.3, 0.4) is 0 Å². The molecule has 10 heteroatoms. The second-order valence-corrected chi connectivity index (χ2v) is 10.4. The zero-order chi connectivity index (χ0) is 29.1. The Morgan fingerprint density at radius 1 is 0.854 bits per heavy atom. The maximum atomic E-state index is 14.6. The summed E-state index contributed by atoms with van der Waals surface area (Å²) in [6.45, 7) is 4.11. The van der Waals surface area contributed by atoms with Crippen molar-refractivity contribution in [3.63, 3.8) is 0 Å². The van der Waals surface area contributed by atoms with E-state index in [-0.39, 0.29) is 24.4 Å². The lowest BCUT2D eigenvalue weighted by Gasteiger charge is -2.37. The molecule has 1 aromatic heterocycles. The predicted octanol–water partition coefficient (Wildman–Crippen LogP) is 3.37. The molecular formula is C31H33F2N5O3. The van der Waals surface area contributed by atoms with Crippen molar-refractivity contribution in [1.82, 2.24) is 14.0 Å². The van der Waals surface area contributed by atoms with Crippen LogP contribution in [-0.2, 0) is 19.6 Å². The van der Waals surface area contributed by atoms with Crippen molar-refractivity contribution in [3.05, 3.63) is 128 Å². The maximum absolute atomic E-state index is 14.6. The quantitative estimate of drug-likeness (QED) is 0.343. The van der Waals surface area contributed by atoms with E-state index in [4.69, 9.17) is 5.73 Å². The van der Waals surface area contributed by atoms with Crippen molar-refractivity contribution in [1.29, 1.82) is 0 Å². The normalized spacial score (nSPS) is 14.8. The van der Waals surface area contributed by atoms with E-state index >= 15 is 0 Å². The van der Waals surface area contributed by atoms with E-state index in [2.05, 4.69) is 4.90 Å². The molecule has 214 valence electrons. The van der Waals surface area contributed by atoms with Gasteiger partial charge in [-0.1, -0.05) is 48.5 Å². The fourth-order valence-electron chi connectivity index (χ4n) is 5.38. The summed E-state index contributed by atoms with van der Waals surface area (Å²) in [6.07, 6.45) is 0. The minimum Gasteiger partial charge on any atom is -0.508 e. The lowest BCUT2D eigenvalue weighted by atomic mass is 10.1. The Morgan fingerprint density at radius 3 is 2.17 bits per heavy atom. The van der Waals surface area contributed by atoms with Crippen molar-refractivity contribution in [2.24, 2.45) is 5.73 Å². The van der Waals surface area contributed by atoms with Gasteiger partial charge in [-0.25, -0.2) is 13.6 Å². The number of phenols is 1. The van der Waals surface area contributed by atoms with Gasteiger partial charge < -0.3 is 15.7 Å². The molecule has 0 bridgehead atoms. The van der Waals surface area contributed by atoms with E-state index in [0.717, 1.165) is 27.8 Å². The van der Waals surface area contributed by atoms with Crippen molar-refractivity contribution < 1.29 is 13.9 Å². The third kappa shape index (κ3) is 6.08. The average Bonchev–Trinajstić information content (AvgIpc) is 2.96. The number of hydrogen-bond acceptors (Lipinski definition) is 6. The molecule has 8 nitrogen and oxygen atoms in total. The molecular weight excluding hydrogens is 528 g/mol. The number of aromatic nitrogens is 2. The lowest BCUT2D eigenvalue weighted by molar-refractivity contribution is 0.249. The zero-order valence-electron chi connectivity index (χ0n) is 22.8. The maximum Gasteiger partial charge on any atom is 0.331 e. The largest absolute Gasteiger partial charge is 0.508 e. The molecule has 3 aromatic carbocycles. The van der Waals surface area contributed by atoms with Gasteiger partial charge in [-0.15, -0.1) is 0 Å². The number of anilines is 1. The summed E-state index contributed by atoms with van der Waals surface area (Å²) in [5.74, 6) is -1.33. The number of hydrogen-bond donors (Lipinski definition) is 2. The highest BCUT2D eigenvalue weighted by Gasteiger charge is 2.26. The molecule has 3 N–H and O–H groups in total. The molecule has 0 spiro atoms. The van der Waals surface area contributed by atoms with Crippen LogP contribution in [0.15, 0.2) is 82.4 Å². The summed E-state index contributed by atoms with van der Waals surface area (Å²) in [7, 11) is 0. The van der Waals surface area contributed by atoms with Gasteiger partial charge in [0, 0.05) is 50.0 Å². The van der Waals surface area contributed by atoms with Gasteiger partial charge >= 0.3 is 5.69 Å². The van der Waals surface area contributed by atoms with Gasteiger partial charge in [0.05, 0.1) is 13.1 Å². The van der Waals surface area contributed by atoms with E-state index in [1.807, 2.05) is 41.3 Å². The SMILES string of the molecule is Cc1c(N2CCN(Cc3cccc(O)c3)CC2)c(=O)n(CC(N)c2ccccc2)c(=O)n1Cc1c(F)cccc1F. The number of benzene rings is 3. The number of nitrogens with zero attached hydrogens (tertiary/aromatic N) is 4. The van der Waals surface area contributed by atoms with E-state index in [0.29, 0.717) is 44.1 Å². The number of nitrogens with two attached hydrogens (primary N) is 1. The molecule has 1 saturated heterocycles. The van der Waals surface area contributed by atoms with Crippen LogP contribution in [0.2, 0.25) is 0 Å². The molecule has 0 amide bonds. The molecule has 1 unspecified atom stereocenters. The van der Waals surface area contributed by atoms with E-state index in [1.54, 1.807) is 25.1 Å². The highest BCUT2D eigenvalue weighted by atomic mass is 19.1. The van der Waals surface area contributed by atoms with Crippen LogP contribution < -0.4 is 21.9 Å². The summed E-state index contributed by atoms with van der Waals surface area (Å²) < 4.78 is 31.6. The summed E-state index contributed by atoms with van der Waals surface area (Å²) in [5.41, 5.74) is 7.41. The first-order chi connectivity index (χ1) is 19.7. The molecule has 0 radical (unpaired) electrons. The van der Waals surface area contributed by atoms with Gasteiger partial charge in [-0.05, 0) is 42.3 Å². The second kappa shape index (κ2) is 12.1. The van der Waals surface area contributed by atoms with Crippen LogP contribution in [0, 0.1) is 18.6 Å². The smallest absolute Gasteiger partial charge is 0.331 e. The number of piperazine rings is 1. The Morgan fingerprint density at radius 2 is 1.51 bits per heavy atom. The van der Waals surface area contributed by atoms with E-state index in [9.17, 15) is 23.5 Å². The third-order valence-electron chi connectivity index (χ3n) is 7.65. The van der Waals surface area contributed by atoms with Gasteiger partial charge in [0.25, 0.3) is 5.56 Å². The number of halogens is 2. The molecule has 41 heavy (non-hydrogen) atoms. The molecule has 1 aliphatic heterocycles. The Balaban J connectivity index is 1.50. The standard InChI is InChI=1S/C31H33F2N5O3/c1-21-29(36-15-13-35(14-16-36)18-22-7-5-10-24(39)17-22)30(40)38(20-28(34)23-8-3-2-4-9-23)31(41)37(21)19-25-26(32)11-6-12-27(25)33/h2-12,17,28,39H,13-16,18-20,34H2,1H3. The zero-order valence-corrected chi connectivity index (χ0v) is 22.8. The van der Waals surface area contributed by atoms with Crippen LogP contribution in [-0.4, -0.2) is 45.3 Å². The average molecular weight is 562 g/mol. The molecule has 1 atom stereocenters. The monoisotopic (exact) mass is 561 g/mol. The first-order valence-corrected chi connectivity index (χ1v) is 13.6. The molecule has 1 aliphatic rings.